The van der Waals surface area contributed by atoms with Crippen molar-refractivity contribution in [3.63, 3.8) is 0 Å². The summed E-state index contributed by atoms with van der Waals surface area (Å²) < 4.78 is 0. The minimum Gasteiger partial charge on any atom is -0.349 e. The van der Waals surface area contributed by atoms with Crippen LogP contribution in [0, 0.1) is 0 Å². The first-order chi connectivity index (χ1) is 8.69. The summed E-state index contributed by atoms with van der Waals surface area (Å²) in [5, 5.41) is 3.50. The van der Waals surface area contributed by atoms with Crippen LogP contribution < -0.4 is 5.32 Å². The van der Waals surface area contributed by atoms with Crippen molar-refractivity contribution < 1.29 is 4.79 Å². The lowest BCUT2D eigenvalue weighted by atomic mass is 10.0. The molecule has 1 aromatic rings. The molecule has 3 nitrogen and oxygen atoms in total. The van der Waals surface area contributed by atoms with Crippen molar-refractivity contribution in [3.05, 3.63) is 29.0 Å². The van der Waals surface area contributed by atoms with Gasteiger partial charge in [0.25, 0.3) is 5.91 Å². The molecule has 0 aliphatic heterocycles. The van der Waals surface area contributed by atoms with Gasteiger partial charge in [-0.3, -0.25) is 9.78 Å². The Balaban J connectivity index is 2.63. The fourth-order valence-electron chi connectivity index (χ4n) is 1.90. The Kier molecular flexibility index (Phi) is 6.73. The molecular weight excluding hydrogens is 248 g/mol. The first-order valence-electron chi connectivity index (χ1n) is 6.59. The van der Waals surface area contributed by atoms with E-state index in [0.717, 1.165) is 32.1 Å². The van der Waals surface area contributed by atoms with Crippen molar-refractivity contribution >= 4 is 17.5 Å². The molecule has 0 saturated carbocycles. The van der Waals surface area contributed by atoms with Gasteiger partial charge in [-0.1, -0.05) is 44.7 Å². The number of amides is 1. The Morgan fingerprint density at radius 1 is 1.39 bits per heavy atom. The first-order valence-corrected chi connectivity index (χ1v) is 6.97. The molecule has 1 aromatic heterocycles. The smallest absolute Gasteiger partial charge is 0.254 e. The van der Waals surface area contributed by atoms with Crippen LogP contribution in [0.1, 0.15) is 56.3 Å². The summed E-state index contributed by atoms with van der Waals surface area (Å²) in [5.41, 5.74) is 0.455. The second-order valence-electron chi connectivity index (χ2n) is 4.46. The molecule has 100 valence electrons. The highest BCUT2D eigenvalue weighted by Gasteiger charge is 2.15. The van der Waals surface area contributed by atoms with E-state index >= 15 is 0 Å². The van der Waals surface area contributed by atoms with Gasteiger partial charge in [-0.25, -0.2) is 0 Å². The third-order valence-corrected chi connectivity index (χ3v) is 3.22. The molecule has 1 N–H and O–H groups in total. The van der Waals surface area contributed by atoms with Gasteiger partial charge in [-0.2, -0.15) is 0 Å². The van der Waals surface area contributed by atoms with Crippen molar-refractivity contribution in [2.75, 3.05) is 0 Å². The molecule has 1 amide bonds. The second kappa shape index (κ2) is 8.09. The molecule has 4 heteroatoms. The van der Waals surface area contributed by atoms with Crippen LogP contribution >= 0.6 is 11.6 Å². The lowest BCUT2D eigenvalue weighted by Crippen LogP contribution is -2.35. The molecule has 1 atom stereocenters. The van der Waals surface area contributed by atoms with Gasteiger partial charge in [-0.05, 0) is 18.9 Å². The van der Waals surface area contributed by atoms with Crippen molar-refractivity contribution in [2.24, 2.45) is 0 Å². The molecular formula is C14H21ClN2O. The number of hydrogen-bond donors (Lipinski definition) is 1. The third-order valence-electron chi connectivity index (χ3n) is 2.89. The van der Waals surface area contributed by atoms with E-state index in [4.69, 9.17) is 11.6 Å². The number of nitrogens with one attached hydrogen (secondary N) is 1. The molecule has 1 rings (SSSR count). The lowest BCUT2D eigenvalue weighted by Gasteiger charge is -2.18. The molecule has 18 heavy (non-hydrogen) atoms. The summed E-state index contributed by atoms with van der Waals surface area (Å²) in [6, 6.07) is 1.87. The predicted molar refractivity (Wildman–Crippen MR) is 74.9 cm³/mol. The summed E-state index contributed by atoms with van der Waals surface area (Å²) in [6.07, 6.45) is 8.46. The lowest BCUT2D eigenvalue weighted by molar-refractivity contribution is 0.0932. The standard InChI is InChI=1S/C14H21ClN2O/c1-3-5-7-11(6-4-2)17-14(18)12-10-16-9-8-13(12)15/h8-11H,3-7H2,1-2H3,(H,17,18). The number of rotatable bonds is 7. The molecule has 0 radical (unpaired) electrons. The van der Waals surface area contributed by atoms with Crippen LogP contribution in [0.3, 0.4) is 0 Å². The van der Waals surface area contributed by atoms with Gasteiger partial charge >= 0.3 is 0 Å². The summed E-state index contributed by atoms with van der Waals surface area (Å²) in [4.78, 5) is 16.0. The van der Waals surface area contributed by atoms with E-state index in [2.05, 4.69) is 24.1 Å². The Bertz CT molecular complexity index is 382. The van der Waals surface area contributed by atoms with Crippen molar-refractivity contribution in [2.45, 2.75) is 52.0 Å². The summed E-state index contributed by atoms with van der Waals surface area (Å²) in [6.45, 7) is 4.28. The largest absolute Gasteiger partial charge is 0.349 e. The summed E-state index contributed by atoms with van der Waals surface area (Å²) in [7, 11) is 0. The number of unbranched alkanes of at least 4 members (excludes halogenated alkanes) is 1. The van der Waals surface area contributed by atoms with E-state index in [0.29, 0.717) is 10.6 Å². The number of carbonyl (C=O) groups excluding carboxylic acids is 1. The average Bonchev–Trinajstić information content (AvgIpc) is 2.36. The van der Waals surface area contributed by atoms with Crippen molar-refractivity contribution in [1.82, 2.24) is 10.3 Å². The van der Waals surface area contributed by atoms with E-state index in [1.54, 1.807) is 12.3 Å². The monoisotopic (exact) mass is 268 g/mol. The Morgan fingerprint density at radius 2 is 2.17 bits per heavy atom. The fourth-order valence-corrected chi connectivity index (χ4v) is 2.09. The molecule has 0 fully saturated rings. The average molecular weight is 269 g/mol. The number of nitrogens with zero attached hydrogens (tertiary/aromatic N) is 1. The van der Waals surface area contributed by atoms with Crippen LogP contribution in [0.2, 0.25) is 5.02 Å². The van der Waals surface area contributed by atoms with E-state index < -0.39 is 0 Å². The maximum absolute atomic E-state index is 12.1. The highest BCUT2D eigenvalue weighted by atomic mass is 35.5. The Hall–Kier alpha value is -1.09. The molecule has 0 saturated heterocycles. The SMILES string of the molecule is CCCCC(CCC)NC(=O)c1cnccc1Cl. The van der Waals surface area contributed by atoms with Gasteiger partial charge in [0.2, 0.25) is 0 Å². The summed E-state index contributed by atoms with van der Waals surface area (Å²) in [5.74, 6) is -0.123. The highest BCUT2D eigenvalue weighted by Crippen LogP contribution is 2.14. The number of aromatic nitrogens is 1. The van der Waals surface area contributed by atoms with Gasteiger partial charge in [-0.15, -0.1) is 0 Å². The Morgan fingerprint density at radius 3 is 2.78 bits per heavy atom. The van der Waals surface area contributed by atoms with Gasteiger partial charge < -0.3 is 5.32 Å². The van der Waals surface area contributed by atoms with Crippen molar-refractivity contribution in [1.29, 1.82) is 0 Å². The number of halogens is 1. The zero-order chi connectivity index (χ0) is 13.4. The molecule has 1 unspecified atom stereocenters. The summed E-state index contributed by atoms with van der Waals surface area (Å²) >= 11 is 5.98. The van der Waals surface area contributed by atoms with Gasteiger partial charge in [0.1, 0.15) is 0 Å². The molecule has 0 bridgehead atoms. The fraction of sp³-hybridized carbons (Fsp3) is 0.571. The molecule has 0 spiro atoms. The van der Waals surface area contributed by atoms with Crippen LogP contribution in [0.4, 0.5) is 0 Å². The van der Waals surface area contributed by atoms with Crippen LogP contribution in [0.5, 0.6) is 0 Å². The topological polar surface area (TPSA) is 42.0 Å². The van der Waals surface area contributed by atoms with Crippen molar-refractivity contribution in [3.8, 4) is 0 Å². The maximum atomic E-state index is 12.1. The van der Waals surface area contributed by atoms with E-state index in [-0.39, 0.29) is 11.9 Å². The third kappa shape index (κ3) is 4.65. The predicted octanol–water partition coefficient (Wildman–Crippen LogP) is 3.82. The van der Waals surface area contributed by atoms with Crippen LogP contribution in [0.25, 0.3) is 0 Å². The van der Waals surface area contributed by atoms with Gasteiger partial charge in [0.15, 0.2) is 0 Å². The minimum absolute atomic E-state index is 0.123. The number of carbonyl (C=O) groups is 1. The molecule has 1 heterocycles. The maximum Gasteiger partial charge on any atom is 0.254 e. The van der Waals surface area contributed by atoms with Crippen LogP contribution in [0.15, 0.2) is 18.5 Å². The first kappa shape index (κ1) is 15.0. The number of pyridine rings is 1. The Labute approximate surface area is 114 Å². The number of hydrogen-bond acceptors (Lipinski definition) is 2. The van der Waals surface area contributed by atoms with Gasteiger partial charge in [0.05, 0.1) is 10.6 Å². The highest BCUT2D eigenvalue weighted by molar-refractivity contribution is 6.33. The zero-order valence-electron chi connectivity index (χ0n) is 11.1. The normalized spacial score (nSPS) is 12.2. The molecule has 0 aliphatic rings. The second-order valence-corrected chi connectivity index (χ2v) is 4.86. The van der Waals surface area contributed by atoms with Crippen LogP contribution in [-0.2, 0) is 0 Å². The van der Waals surface area contributed by atoms with Crippen LogP contribution in [-0.4, -0.2) is 16.9 Å². The quantitative estimate of drug-likeness (QED) is 0.817. The van der Waals surface area contributed by atoms with E-state index in [1.165, 1.54) is 6.20 Å². The minimum atomic E-state index is -0.123. The molecule has 0 aliphatic carbocycles. The van der Waals surface area contributed by atoms with E-state index in [1.807, 2.05) is 0 Å². The van der Waals surface area contributed by atoms with Gasteiger partial charge in [0, 0.05) is 18.4 Å². The zero-order valence-corrected chi connectivity index (χ0v) is 11.8. The molecule has 0 aromatic carbocycles. The van der Waals surface area contributed by atoms with E-state index in [9.17, 15) is 4.79 Å².